The molecule has 2 aromatic rings. The highest BCUT2D eigenvalue weighted by Crippen LogP contribution is 2.16. The highest BCUT2D eigenvalue weighted by atomic mass is 16.1. The van der Waals surface area contributed by atoms with Crippen LogP contribution < -0.4 is 5.43 Å². The van der Waals surface area contributed by atoms with Gasteiger partial charge in [-0.05, 0) is 19.4 Å². The van der Waals surface area contributed by atoms with Gasteiger partial charge >= 0.3 is 0 Å². The van der Waals surface area contributed by atoms with Crippen molar-refractivity contribution in [1.29, 1.82) is 0 Å². The molecule has 0 aliphatic carbocycles. The first-order chi connectivity index (χ1) is 8.09. The Morgan fingerprint density at radius 2 is 1.82 bits per heavy atom. The fraction of sp³-hybridized carbons (Fsp3) is 0.143. The van der Waals surface area contributed by atoms with Crippen LogP contribution in [0.3, 0.4) is 0 Å². The van der Waals surface area contributed by atoms with Gasteiger partial charge in [0.2, 0.25) is 0 Å². The van der Waals surface area contributed by atoms with Crippen LogP contribution in [-0.4, -0.2) is 10.8 Å². The molecule has 0 atom stereocenters. The maximum absolute atomic E-state index is 11.8. The zero-order valence-electron chi connectivity index (χ0n) is 9.78. The molecule has 0 aliphatic heterocycles. The molecule has 1 aromatic heterocycles. The second kappa shape index (κ2) is 4.37. The van der Waals surface area contributed by atoms with E-state index in [4.69, 9.17) is 0 Å². The molecule has 17 heavy (non-hydrogen) atoms. The zero-order valence-corrected chi connectivity index (χ0v) is 9.78. The van der Waals surface area contributed by atoms with E-state index in [0.717, 1.165) is 11.3 Å². The van der Waals surface area contributed by atoms with Crippen molar-refractivity contribution in [2.75, 3.05) is 0 Å². The number of carbonyl (C=O) groups is 1. The minimum Gasteiger partial charge on any atom is -0.358 e. The predicted octanol–water partition coefficient (Wildman–Crippen LogP) is 2.55. The second-order valence-corrected chi connectivity index (χ2v) is 3.97. The Bertz CT molecular complexity index is 612. The normalized spacial score (nSPS) is 10.2. The van der Waals surface area contributed by atoms with E-state index >= 15 is 0 Å². The Morgan fingerprint density at radius 3 is 2.35 bits per heavy atom. The van der Waals surface area contributed by atoms with E-state index in [0.29, 0.717) is 5.69 Å². The number of aryl methyl sites for hydroxylation is 1. The average Bonchev–Trinajstić information content (AvgIpc) is 2.28. The minimum atomic E-state index is -0.229. The Kier molecular flexibility index (Phi) is 2.91. The van der Waals surface area contributed by atoms with Crippen molar-refractivity contribution in [1.82, 2.24) is 4.98 Å². The summed E-state index contributed by atoms with van der Waals surface area (Å²) in [7, 11) is 0. The molecule has 1 N–H and O–H groups in total. The Hall–Kier alpha value is -2.16. The molecular weight excluding hydrogens is 214 g/mol. The molecule has 0 radical (unpaired) electrons. The number of rotatable bonds is 2. The Morgan fingerprint density at radius 1 is 1.18 bits per heavy atom. The summed E-state index contributed by atoms with van der Waals surface area (Å²) in [4.78, 5) is 26.2. The number of aromatic nitrogens is 1. The number of H-pyrrole nitrogens is 1. The number of benzene rings is 1. The fourth-order valence-corrected chi connectivity index (χ4v) is 1.90. The lowest BCUT2D eigenvalue weighted by molar-refractivity contribution is 0.101. The number of hydrogen-bond donors (Lipinski definition) is 1. The summed E-state index contributed by atoms with van der Waals surface area (Å²) in [5.74, 6) is -0.205. The average molecular weight is 227 g/mol. The van der Waals surface area contributed by atoms with E-state index in [1.807, 2.05) is 30.3 Å². The topological polar surface area (TPSA) is 49.9 Å². The molecule has 0 saturated carbocycles. The van der Waals surface area contributed by atoms with Crippen LogP contribution in [0.15, 0.2) is 41.2 Å². The third kappa shape index (κ3) is 2.18. The second-order valence-electron chi connectivity index (χ2n) is 3.97. The van der Waals surface area contributed by atoms with Crippen molar-refractivity contribution in [2.24, 2.45) is 0 Å². The summed E-state index contributed by atoms with van der Waals surface area (Å²) in [6.45, 7) is 3.14. The first-order valence-electron chi connectivity index (χ1n) is 5.40. The lowest BCUT2D eigenvalue weighted by Crippen LogP contribution is -2.16. The largest absolute Gasteiger partial charge is 0.358 e. The monoisotopic (exact) mass is 227 g/mol. The molecule has 0 spiro atoms. The van der Waals surface area contributed by atoms with E-state index in [9.17, 15) is 9.59 Å². The molecule has 2 rings (SSSR count). The van der Waals surface area contributed by atoms with Gasteiger partial charge in [-0.1, -0.05) is 30.3 Å². The maximum Gasteiger partial charge on any atom is 0.193 e. The predicted molar refractivity (Wildman–Crippen MR) is 67.2 cm³/mol. The molecule has 1 aromatic carbocycles. The summed E-state index contributed by atoms with van der Waals surface area (Å²) < 4.78 is 0. The van der Waals surface area contributed by atoms with Gasteiger partial charge in [0.15, 0.2) is 11.2 Å². The molecule has 0 unspecified atom stereocenters. The third-order valence-electron chi connectivity index (χ3n) is 2.66. The maximum atomic E-state index is 11.8. The van der Waals surface area contributed by atoms with Gasteiger partial charge in [-0.2, -0.15) is 0 Å². The lowest BCUT2D eigenvalue weighted by Gasteiger charge is -2.06. The van der Waals surface area contributed by atoms with Crippen LogP contribution in [0, 0.1) is 6.92 Å². The van der Waals surface area contributed by atoms with Gasteiger partial charge in [-0.3, -0.25) is 9.59 Å². The van der Waals surface area contributed by atoms with Crippen LogP contribution in [0.1, 0.15) is 23.0 Å². The molecule has 3 nitrogen and oxygen atoms in total. The van der Waals surface area contributed by atoms with Gasteiger partial charge in [-0.15, -0.1) is 0 Å². The van der Waals surface area contributed by atoms with E-state index in [1.54, 1.807) is 6.92 Å². The van der Waals surface area contributed by atoms with Crippen LogP contribution in [0.2, 0.25) is 0 Å². The molecule has 86 valence electrons. The van der Waals surface area contributed by atoms with E-state index in [2.05, 4.69) is 4.98 Å². The van der Waals surface area contributed by atoms with Gasteiger partial charge in [0.1, 0.15) is 0 Å². The number of pyridine rings is 1. The molecule has 0 aliphatic rings. The summed E-state index contributed by atoms with van der Waals surface area (Å²) in [6.07, 6.45) is 0. The first kappa shape index (κ1) is 11.3. The van der Waals surface area contributed by atoms with Crippen LogP contribution in [0.4, 0.5) is 0 Å². The lowest BCUT2D eigenvalue weighted by atomic mass is 10.1. The Labute approximate surface area is 99.1 Å². The van der Waals surface area contributed by atoms with Crippen molar-refractivity contribution in [3.05, 3.63) is 57.9 Å². The van der Waals surface area contributed by atoms with Gasteiger partial charge in [0.05, 0.1) is 5.56 Å². The van der Waals surface area contributed by atoms with Crippen molar-refractivity contribution in [2.45, 2.75) is 13.8 Å². The molecule has 0 saturated heterocycles. The van der Waals surface area contributed by atoms with Crippen molar-refractivity contribution in [3.63, 3.8) is 0 Å². The van der Waals surface area contributed by atoms with Crippen LogP contribution in [0.5, 0.6) is 0 Å². The summed E-state index contributed by atoms with van der Waals surface area (Å²) >= 11 is 0. The highest BCUT2D eigenvalue weighted by Gasteiger charge is 2.11. The molecular formula is C14H13NO2. The SMILES string of the molecule is CC(=O)c1c(C)[nH]c(-c2ccccc2)cc1=O. The number of nitrogens with one attached hydrogen (secondary N) is 1. The van der Waals surface area contributed by atoms with Crippen LogP contribution in [0.25, 0.3) is 11.3 Å². The van der Waals surface area contributed by atoms with E-state index in [-0.39, 0.29) is 16.8 Å². The summed E-state index contributed by atoms with van der Waals surface area (Å²) in [5.41, 5.74) is 2.29. The quantitative estimate of drug-likeness (QED) is 0.801. The zero-order chi connectivity index (χ0) is 12.4. The Balaban J connectivity index is 2.62. The van der Waals surface area contributed by atoms with Crippen molar-refractivity contribution in [3.8, 4) is 11.3 Å². The van der Waals surface area contributed by atoms with E-state index < -0.39 is 0 Å². The number of hydrogen-bond acceptors (Lipinski definition) is 2. The standard InChI is InChI=1S/C14H13NO2/c1-9-14(10(2)16)13(17)8-12(15-9)11-6-4-3-5-7-11/h3-8H,1-2H3,(H,15,17). The van der Waals surface area contributed by atoms with Gasteiger partial charge < -0.3 is 4.98 Å². The molecule has 1 heterocycles. The molecule has 0 fully saturated rings. The first-order valence-corrected chi connectivity index (χ1v) is 5.40. The van der Waals surface area contributed by atoms with Crippen molar-refractivity contribution >= 4 is 5.78 Å². The van der Waals surface area contributed by atoms with Crippen molar-refractivity contribution < 1.29 is 4.79 Å². The van der Waals surface area contributed by atoms with Crippen LogP contribution >= 0.6 is 0 Å². The van der Waals surface area contributed by atoms with Gasteiger partial charge in [-0.25, -0.2) is 0 Å². The number of ketones is 1. The molecule has 3 heteroatoms. The number of carbonyl (C=O) groups excluding carboxylic acids is 1. The smallest absolute Gasteiger partial charge is 0.193 e. The van der Waals surface area contributed by atoms with E-state index in [1.165, 1.54) is 13.0 Å². The minimum absolute atomic E-state index is 0.205. The van der Waals surface area contributed by atoms with Crippen LogP contribution in [-0.2, 0) is 0 Å². The van der Waals surface area contributed by atoms with Gasteiger partial charge in [0.25, 0.3) is 0 Å². The summed E-state index contributed by atoms with van der Waals surface area (Å²) in [5, 5.41) is 0. The van der Waals surface area contributed by atoms with Gasteiger partial charge in [0, 0.05) is 17.5 Å². The number of Topliss-reactive ketones (excluding diaryl/α,β-unsaturated/α-hetero) is 1. The number of aromatic amines is 1. The molecule has 0 amide bonds. The molecule has 0 bridgehead atoms. The fourth-order valence-electron chi connectivity index (χ4n) is 1.90. The highest BCUT2D eigenvalue weighted by molar-refractivity contribution is 5.95. The third-order valence-corrected chi connectivity index (χ3v) is 2.66. The summed E-state index contributed by atoms with van der Waals surface area (Å²) in [6, 6.07) is 11.0.